The largest absolute Gasteiger partial charge is 0.480 e. The zero-order chi connectivity index (χ0) is 24.4. The molecule has 1 aliphatic rings. The summed E-state index contributed by atoms with van der Waals surface area (Å²) in [7, 11) is -8.42. The monoisotopic (exact) mass is 496 g/mol. The predicted molar refractivity (Wildman–Crippen MR) is 117 cm³/mol. The Morgan fingerprint density at radius 2 is 1.48 bits per heavy atom. The normalized spacial score (nSPS) is 19.3. The van der Waals surface area contributed by atoms with Gasteiger partial charge in [0.25, 0.3) is 10.1 Å². The van der Waals surface area contributed by atoms with Gasteiger partial charge in [-0.3, -0.25) is 13.8 Å². The number of hydrogen-bond donors (Lipinski definition) is 2. The maximum absolute atomic E-state index is 13.2. The third-order valence-electron chi connectivity index (χ3n) is 5.13. The Morgan fingerprint density at radius 3 is 2.00 bits per heavy atom. The number of carboxylic acid groups (broad SMARTS) is 1. The van der Waals surface area contributed by atoms with Crippen LogP contribution in [0.5, 0.6) is 0 Å². The number of aryl methyl sites for hydroxylation is 2. The fraction of sp³-hybridized carbons (Fsp3) is 0.333. The Bertz CT molecular complexity index is 1240. The first-order chi connectivity index (χ1) is 15.4. The minimum atomic E-state index is -4.22. The Kier molecular flexibility index (Phi) is 7.22. The number of nitrogens with one attached hydrogen (secondary N) is 1. The van der Waals surface area contributed by atoms with Crippen LogP contribution in [0.25, 0.3) is 0 Å². The summed E-state index contributed by atoms with van der Waals surface area (Å²) in [6.45, 7) is 2.48. The van der Waals surface area contributed by atoms with Gasteiger partial charge in [-0.05, 0) is 38.1 Å². The molecule has 0 saturated carbocycles. The molecule has 10 nitrogen and oxygen atoms in total. The molecule has 1 saturated heterocycles. The summed E-state index contributed by atoms with van der Waals surface area (Å²) in [5.41, 5.74) is 1.68. The van der Waals surface area contributed by atoms with E-state index in [2.05, 4.69) is 5.32 Å². The third kappa shape index (κ3) is 5.77. The molecule has 0 aliphatic carbocycles. The molecule has 1 amide bonds. The fourth-order valence-corrected chi connectivity index (χ4v) is 6.12. The Balaban J connectivity index is 1.89. The quantitative estimate of drug-likeness (QED) is 0.515. The Labute approximate surface area is 192 Å². The lowest BCUT2D eigenvalue weighted by atomic mass is 10.2. The van der Waals surface area contributed by atoms with E-state index in [1.54, 1.807) is 38.1 Å². The number of sulfonamides is 1. The summed E-state index contributed by atoms with van der Waals surface area (Å²) in [5, 5.41) is 11.0. The highest BCUT2D eigenvalue weighted by atomic mass is 32.2. The molecule has 3 rings (SSSR count). The molecule has 12 heteroatoms. The minimum Gasteiger partial charge on any atom is -0.480 e. The van der Waals surface area contributed by atoms with Gasteiger partial charge in [0.15, 0.2) is 0 Å². The lowest BCUT2D eigenvalue weighted by Crippen LogP contribution is -2.47. The molecule has 0 radical (unpaired) electrons. The molecule has 33 heavy (non-hydrogen) atoms. The predicted octanol–water partition coefficient (Wildman–Crippen LogP) is 1.04. The zero-order valence-corrected chi connectivity index (χ0v) is 19.6. The highest BCUT2D eigenvalue weighted by Gasteiger charge is 2.46. The van der Waals surface area contributed by atoms with Gasteiger partial charge in [0.1, 0.15) is 12.6 Å². The van der Waals surface area contributed by atoms with E-state index >= 15 is 0 Å². The van der Waals surface area contributed by atoms with Crippen LogP contribution in [0, 0.1) is 13.8 Å². The zero-order valence-electron chi connectivity index (χ0n) is 18.0. The SMILES string of the molecule is Cc1ccc(S(=O)(=O)OC2CC(C(=O)NCC(=O)O)N(S(=O)(=O)c3ccc(C)cc3)C2)cc1. The average Bonchev–Trinajstić information content (AvgIpc) is 3.16. The van der Waals surface area contributed by atoms with Crippen LogP contribution < -0.4 is 5.32 Å². The standard InChI is InChI=1S/C21H24N2O8S2/c1-14-3-7-17(8-4-14)32(27,28)23-13-16(11-19(23)21(26)22-12-20(24)25)31-33(29,30)18-9-5-15(2)6-10-18/h3-10,16,19H,11-13H2,1-2H3,(H,22,26)(H,24,25). The topological polar surface area (TPSA) is 147 Å². The van der Waals surface area contributed by atoms with Crippen molar-refractivity contribution in [2.24, 2.45) is 0 Å². The Hall–Kier alpha value is -2.80. The van der Waals surface area contributed by atoms with Gasteiger partial charge in [0.2, 0.25) is 15.9 Å². The van der Waals surface area contributed by atoms with Crippen LogP contribution >= 0.6 is 0 Å². The van der Waals surface area contributed by atoms with Crippen molar-refractivity contribution in [1.82, 2.24) is 9.62 Å². The number of carboxylic acids is 1. The van der Waals surface area contributed by atoms with Crippen molar-refractivity contribution < 1.29 is 35.7 Å². The van der Waals surface area contributed by atoms with Crippen molar-refractivity contribution in [2.45, 2.75) is 42.2 Å². The number of rotatable bonds is 8. The summed E-state index contributed by atoms with van der Waals surface area (Å²) in [4.78, 5) is 23.3. The van der Waals surface area contributed by atoms with Crippen LogP contribution in [0.1, 0.15) is 17.5 Å². The van der Waals surface area contributed by atoms with Crippen molar-refractivity contribution in [3.8, 4) is 0 Å². The summed E-state index contributed by atoms with van der Waals surface area (Å²) < 4.78 is 58.0. The van der Waals surface area contributed by atoms with Crippen molar-refractivity contribution in [2.75, 3.05) is 13.1 Å². The number of carbonyl (C=O) groups excluding carboxylic acids is 1. The molecule has 178 valence electrons. The lowest BCUT2D eigenvalue weighted by molar-refractivity contribution is -0.138. The summed E-state index contributed by atoms with van der Waals surface area (Å²) in [6.07, 6.45) is -1.40. The van der Waals surface area contributed by atoms with Crippen molar-refractivity contribution in [1.29, 1.82) is 0 Å². The third-order valence-corrected chi connectivity index (χ3v) is 8.40. The molecule has 0 aromatic heterocycles. The molecule has 0 bridgehead atoms. The van der Waals surface area contributed by atoms with Gasteiger partial charge in [-0.2, -0.15) is 12.7 Å². The molecule has 1 heterocycles. The van der Waals surface area contributed by atoms with Crippen LogP contribution in [0.15, 0.2) is 58.3 Å². The van der Waals surface area contributed by atoms with Gasteiger partial charge in [0, 0.05) is 13.0 Å². The van der Waals surface area contributed by atoms with E-state index < -0.39 is 57.3 Å². The maximum Gasteiger partial charge on any atom is 0.322 e. The minimum absolute atomic E-state index is 0.0776. The van der Waals surface area contributed by atoms with Gasteiger partial charge in [-0.1, -0.05) is 35.4 Å². The van der Waals surface area contributed by atoms with E-state index in [0.717, 1.165) is 15.4 Å². The first-order valence-electron chi connectivity index (χ1n) is 9.98. The van der Waals surface area contributed by atoms with Crippen molar-refractivity contribution in [3.63, 3.8) is 0 Å². The van der Waals surface area contributed by atoms with Gasteiger partial charge < -0.3 is 10.4 Å². The van der Waals surface area contributed by atoms with E-state index in [4.69, 9.17) is 9.29 Å². The van der Waals surface area contributed by atoms with Crippen LogP contribution in [-0.2, 0) is 33.9 Å². The number of aliphatic carboxylic acids is 1. The molecule has 2 N–H and O–H groups in total. The van der Waals surface area contributed by atoms with E-state index in [9.17, 15) is 26.4 Å². The molecule has 1 fully saturated rings. The second kappa shape index (κ2) is 9.59. The van der Waals surface area contributed by atoms with Gasteiger partial charge in [0.05, 0.1) is 15.9 Å². The Morgan fingerprint density at radius 1 is 0.970 bits per heavy atom. The van der Waals surface area contributed by atoms with Gasteiger partial charge >= 0.3 is 5.97 Å². The molecule has 0 spiro atoms. The molecular weight excluding hydrogens is 472 g/mol. The molecule has 2 atom stereocenters. The summed E-state index contributed by atoms with van der Waals surface area (Å²) >= 11 is 0. The van der Waals surface area contributed by atoms with Crippen LogP contribution in [-0.4, -0.2) is 63.4 Å². The maximum atomic E-state index is 13.2. The first kappa shape index (κ1) is 24.8. The second-order valence-electron chi connectivity index (χ2n) is 7.74. The van der Waals surface area contributed by atoms with E-state index in [-0.39, 0.29) is 16.2 Å². The number of amides is 1. The number of hydrogen-bond acceptors (Lipinski definition) is 7. The van der Waals surface area contributed by atoms with E-state index in [1.807, 2.05) is 0 Å². The molecule has 1 aliphatic heterocycles. The highest BCUT2D eigenvalue weighted by molar-refractivity contribution is 7.89. The fourth-order valence-electron chi connectivity index (χ4n) is 3.41. The van der Waals surface area contributed by atoms with Crippen molar-refractivity contribution >= 4 is 32.0 Å². The molecular formula is C21H24N2O8S2. The van der Waals surface area contributed by atoms with Gasteiger partial charge in [-0.15, -0.1) is 0 Å². The van der Waals surface area contributed by atoms with E-state index in [1.165, 1.54) is 24.3 Å². The highest BCUT2D eigenvalue weighted by Crippen LogP contribution is 2.30. The van der Waals surface area contributed by atoms with Gasteiger partial charge in [-0.25, -0.2) is 8.42 Å². The van der Waals surface area contributed by atoms with Crippen LogP contribution in [0.4, 0.5) is 0 Å². The average molecular weight is 497 g/mol. The summed E-state index contributed by atoms with van der Waals surface area (Å²) in [5.74, 6) is -2.16. The number of benzene rings is 2. The first-order valence-corrected chi connectivity index (χ1v) is 12.8. The number of nitrogens with zero attached hydrogens (tertiary/aromatic N) is 1. The molecule has 2 unspecified atom stereocenters. The molecule has 2 aromatic rings. The van der Waals surface area contributed by atoms with E-state index in [0.29, 0.717) is 0 Å². The summed E-state index contributed by atoms with van der Waals surface area (Å²) in [6, 6.07) is 10.6. The van der Waals surface area contributed by atoms with Crippen molar-refractivity contribution in [3.05, 3.63) is 59.7 Å². The lowest BCUT2D eigenvalue weighted by Gasteiger charge is -2.23. The molecule has 2 aromatic carbocycles. The smallest absolute Gasteiger partial charge is 0.322 e. The van der Waals surface area contributed by atoms with Crippen LogP contribution in [0.3, 0.4) is 0 Å². The number of carbonyl (C=O) groups is 2. The second-order valence-corrected chi connectivity index (χ2v) is 11.2. The van der Waals surface area contributed by atoms with Crippen LogP contribution in [0.2, 0.25) is 0 Å².